The minimum absolute atomic E-state index is 0.191. The first-order valence-electron chi connectivity index (χ1n) is 3.65. The standard InChI is InChI=1S/C8H7N3OS/c9-6-3-7(10-11-8(6)12)5-1-2-13-4-5/h1-4H,(H2,9,10)(H,11,12). The van der Waals surface area contributed by atoms with Crippen LogP contribution in [-0.4, -0.2) is 10.2 Å². The van der Waals surface area contributed by atoms with Crippen LogP contribution in [0.3, 0.4) is 0 Å². The van der Waals surface area contributed by atoms with Crippen molar-refractivity contribution in [2.75, 3.05) is 5.73 Å². The highest BCUT2D eigenvalue weighted by Gasteiger charge is 2.01. The van der Waals surface area contributed by atoms with Gasteiger partial charge in [0.25, 0.3) is 5.56 Å². The Bertz CT molecular complexity index is 460. The van der Waals surface area contributed by atoms with Gasteiger partial charge >= 0.3 is 0 Å². The molecule has 66 valence electrons. The molecule has 3 N–H and O–H groups in total. The van der Waals surface area contributed by atoms with Crippen molar-refractivity contribution in [2.45, 2.75) is 0 Å². The lowest BCUT2D eigenvalue weighted by Gasteiger charge is -1.96. The zero-order chi connectivity index (χ0) is 9.26. The molecule has 0 aromatic carbocycles. The number of H-pyrrole nitrogens is 1. The SMILES string of the molecule is Nc1cc(-c2ccsc2)n[nH]c1=O. The zero-order valence-electron chi connectivity index (χ0n) is 6.65. The van der Waals surface area contributed by atoms with Crippen LogP contribution in [0.2, 0.25) is 0 Å². The van der Waals surface area contributed by atoms with E-state index in [0.717, 1.165) is 5.56 Å². The first-order valence-corrected chi connectivity index (χ1v) is 4.59. The Labute approximate surface area is 78.0 Å². The molecule has 2 aromatic rings. The molecular weight excluding hydrogens is 186 g/mol. The minimum Gasteiger partial charge on any atom is -0.394 e. The van der Waals surface area contributed by atoms with Crippen LogP contribution in [0.4, 0.5) is 5.69 Å². The van der Waals surface area contributed by atoms with E-state index < -0.39 is 0 Å². The summed E-state index contributed by atoms with van der Waals surface area (Å²) in [7, 11) is 0. The monoisotopic (exact) mass is 193 g/mol. The molecule has 0 atom stereocenters. The lowest BCUT2D eigenvalue weighted by molar-refractivity contribution is 1.00. The van der Waals surface area contributed by atoms with Crippen molar-refractivity contribution in [3.63, 3.8) is 0 Å². The maximum absolute atomic E-state index is 10.9. The highest BCUT2D eigenvalue weighted by Crippen LogP contribution is 2.19. The van der Waals surface area contributed by atoms with Gasteiger partial charge in [0, 0.05) is 10.9 Å². The summed E-state index contributed by atoms with van der Waals surface area (Å²) in [5.41, 5.74) is 6.95. The average molecular weight is 193 g/mol. The maximum Gasteiger partial charge on any atom is 0.287 e. The molecule has 0 fully saturated rings. The van der Waals surface area contributed by atoms with Crippen LogP contribution in [0.25, 0.3) is 11.3 Å². The van der Waals surface area contributed by atoms with Gasteiger partial charge in [-0.3, -0.25) is 4.79 Å². The van der Waals surface area contributed by atoms with Gasteiger partial charge in [-0.2, -0.15) is 16.4 Å². The third-order valence-corrected chi connectivity index (χ3v) is 2.33. The molecule has 2 aromatic heterocycles. The molecular formula is C8H7N3OS. The number of nitrogens with one attached hydrogen (secondary N) is 1. The van der Waals surface area contributed by atoms with Crippen molar-refractivity contribution in [2.24, 2.45) is 0 Å². The number of nitrogens with two attached hydrogens (primary N) is 1. The number of hydrogen-bond acceptors (Lipinski definition) is 4. The molecule has 0 aliphatic carbocycles. The number of aromatic nitrogens is 2. The second kappa shape index (κ2) is 3.02. The fourth-order valence-corrected chi connectivity index (χ4v) is 1.63. The highest BCUT2D eigenvalue weighted by molar-refractivity contribution is 7.08. The number of rotatable bonds is 1. The molecule has 2 heterocycles. The van der Waals surface area contributed by atoms with Gasteiger partial charge in [0.2, 0.25) is 0 Å². The second-order valence-electron chi connectivity index (χ2n) is 2.55. The van der Waals surface area contributed by atoms with Gasteiger partial charge in [-0.05, 0) is 17.5 Å². The minimum atomic E-state index is -0.348. The number of anilines is 1. The van der Waals surface area contributed by atoms with E-state index in [4.69, 9.17) is 5.73 Å². The van der Waals surface area contributed by atoms with E-state index in [2.05, 4.69) is 10.2 Å². The maximum atomic E-state index is 10.9. The molecule has 0 saturated carbocycles. The van der Waals surface area contributed by atoms with Gasteiger partial charge in [0.15, 0.2) is 0 Å². The van der Waals surface area contributed by atoms with Crippen LogP contribution in [-0.2, 0) is 0 Å². The summed E-state index contributed by atoms with van der Waals surface area (Å²) in [4.78, 5) is 10.9. The number of aromatic amines is 1. The molecule has 0 radical (unpaired) electrons. The zero-order valence-corrected chi connectivity index (χ0v) is 7.47. The average Bonchev–Trinajstić information content (AvgIpc) is 2.62. The van der Waals surface area contributed by atoms with Gasteiger partial charge in [-0.25, -0.2) is 5.10 Å². The normalized spacial score (nSPS) is 10.2. The van der Waals surface area contributed by atoms with E-state index in [-0.39, 0.29) is 11.2 Å². The smallest absolute Gasteiger partial charge is 0.287 e. The lowest BCUT2D eigenvalue weighted by atomic mass is 10.2. The Kier molecular flexibility index (Phi) is 1.86. The Morgan fingerprint density at radius 3 is 3.00 bits per heavy atom. The molecule has 0 spiro atoms. The van der Waals surface area contributed by atoms with Crippen molar-refractivity contribution in [3.05, 3.63) is 33.2 Å². The van der Waals surface area contributed by atoms with Crippen LogP contribution in [0.5, 0.6) is 0 Å². The first-order chi connectivity index (χ1) is 6.27. The van der Waals surface area contributed by atoms with E-state index in [0.29, 0.717) is 5.69 Å². The number of thiophene rings is 1. The Morgan fingerprint density at radius 2 is 2.38 bits per heavy atom. The molecule has 0 aliphatic heterocycles. The van der Waals surface area contributed by atoms with Gasteiger partial charge in [-0.15, -0.1) is 0 Å². The summed E-state index contributed by atoms with van der Waals surface area (Å²) in [5, 5.41) is 10.1. The fourth-order valence-electron chi connectivity index (χ4n) is 0.979. The fraction of sp³-hybridized carbons (Fsp3) is 0. The summed E-state index contributed by atoms with van der Waals surface area (Å²) >= 11 is 1.57. The van der Waals surface area contributed by atoms with Crippen LogP contribution in [0, 0.1) is 0 Å². The molecule has 5 heteroatoms. The van der Waals surface area contributed by atoms with Crippen molar-refractivity contribution >= 4 is 17.0 Å². The quantitative estimate of drug-likeness (QED) is 0.711. The van der Waals surface area contributed by atoms with Crippen LogP contribution < -0.4 is 11.3 Å². The Morgan fingerprint density at radius 1 is 1.54 bits per heavy atom. The third kappa shape index (κ3) is 1.46. The summed E-state index contributed by atoms with van der Waals surface area (Å²) in [6.45, 7) is 0. The topological polar surface area (TPSA) is 71.8 Å². The highest BCUT2D eigenvalue weighted by atomic mass is 32.1. The summed E-state index contributed by atoms with van der Waals surface area (Å²) < 4.78 is 0. The van der Waals surface area contributed by atoms with Gasteiger partial charge in [0.1, 0.15) is 5.69 Å². The van der Waals surface area contributed by atoms with Crippen molar-refractivity contribution in [1.82, 2.24) is 10.2 Å². The molecule has 4 nitrogen and oxygen atoms in total. The number of hydrogen-bond donors (Lipinski definition) is 2. The van der Waals surface area contributed by atoms with E-state index >= 15 is 0 Å². The third-order valence-electron chi connectivity index (χ3n) is 1.65. The second-order valence-corrected chi connectivity index (χ2v) is 3.33. The molecule has 0 saturated heterocycles. The Hall–Kier alpha value is -1.62. The van der Waals surface area contributed by atoms with Crippen molar-refractivity contribution in [3.8, 4) is 11.3 Å². The molecule has 0 bridgehead atoms. The van der Waals surface area contributed by atoms with E-state index in [9.17, 15) is 4.79 Å². The largest absolute Gasteiger partial charge is 0.394 e. The lowest BCUT2D eigenvalue weighted by Crippen LogP contribution is -2.13. The van der Waals surface area contributed by atoms with E-state index in [1.165, 1.54) is 0 Å². The van der Waals surface area contributed by atoms with Gasteiger partial charge in [0.05, 0.1) is 5.69 Å². The summed E-state index contributed by atoms with van der Waals surface area (Å²) in [6.07, 6.45) is 0. The van der Waals surface area contributed by atoms with Crippen LogP contribution >= 0.6 is 11.3 Å². The predicted octanol–water partition coefficient (Wildman–Crippen LogP) is 1.08. The van der Waals surface area contributed by atoms with Crippen LogP contribution in [0.1, 0.15) is 0 Å². The predicted molar refractivity (Wildman–Crippen MR) is 52.6 cm³/mol. The molecule has 2 rings (SSSR count). The Balaban J connectivity index is 2.55. The van der Waals surface area contributed by atoms with E-state index in [1.807, 2.05) is 16.8 Å². The van der Waals surface area contributed by atoms with Crippen molar-refractivity contribution < 1.29 is 0 Å². The first kappa shape index (κ1) is 8.00. The molecule has 0 aliphatic rings. The number of nitrogens with zero attached hydrogens (tertiary/aromatic N) is 1. The summed E-state index contributed by atoms with van der Waals surface area (Å²) in [5.74, 6) is 0. The van der Waals surface area contributed by atoms with Gasteiger partial charge < -0.3 is 5.73 Å². The summed E-state index contributed by atoms with van der Waals surface area (Å²) in [6, 6.07) is 3.49. The van der Waals surface area contributed by atoms with Crippen molar-refractivity contribution in [1.29, 1.82) is 0 Å². The molecule has 13 heavy (non-hydrogen) atoms. The van der Waals surface area contributed by atoms with E-state index in [1.54, 1.807) is 17.4 Å². The van der Waals surface area contributed by atoms with Crippen LogP contribution in [0.15, 0.2) is 27.7 Å². The van der Waals surface area contributed by atoms with Gasteiger partial charge in [-0.1, -0.05) is 0 Å². The molecule has 0 unspecified atom stereocenters. The number of nitrogen functional groups attached to an aromatic ring is 1. The molecule has 0 amide bonds.